The van der Waals surface area contributed by atoms with Crippen LogP contribution in [0.2, 0.25) is 10.0 Å². The minimum Gasteiger partial charge on any atom is -0.484 e. The summed E-state index contributed by atoms with van der Waals surface area (Å²) in [5, 5.41) is 23.1. The number of rotatable bonds is 8. The van der Waals surface area contributed by atoms with Gasteiger partial charge in [0.05, 0.1) is 16.3 Å². The second kappa shape index (κ2) is 10.8. The molecule has 0 fully saturated rings. The molecule has 0 atom stereocenters. The van der Waals surface area contributed by atoms with Crippen molar-refractivity contribution >= 4 is 57.2 Å². The Bertz CT molecular complexity index is 1220. The maximum absolute atomic E-state index is 12.6. The van der Waals surface area contributed by atoms with Crippen LogP contribution in [0.25, 0.3) is 0 Å². The van der Waals surface area contributed by atoms with Crippen LogP contribution in [0.3, 0.4) is 0 Å². The van der Waals surface area contributed by atoms with Crippen molar-refractivity contribution in [3.63, 3.8) is 0 Å². The summed E-state index contributed by atoms with van der Waals surface area (Å²) in [5.41, 5.74) is 1.72. The zero-order valence-corrected chi connectivity index (χ0v) is 21.0. The number of nitrogens with zero attached hydrogens (tertiary/aromatic N) is 4. The number of amides is 1. The number of fused-ring (bicyclic) bond motifs is 1. The molecular formula is C22H21Cl2N5O2S2. The molecule has 0 aliphatic heterocycles. The molecule has 1 aromatic carbocycles. The van der Waals surface area contributed by atoms with Gasteiger partial charge in [0, 0.05) is 16.4 Å². The number of benzene rings is 1. The highest BCUT2D eigenvalue weighted by Gasteiger charge is 2.22. The lowest BCUT2D eigenvalue weighted by atomic mass is 9.96. The molecule has 1 aliphatic carbocycles. The van der Waals surface area contributed by atoms with Crippen molar-refractivity contribution in [1.29, 1.82) is 5.26 Å². The van der Waals surface area contributed by atoms with Crippen LogP contribution in [0.5, 0.6) is 5.75 Å². The van der Waals surface area contributed by atoms with E-state index in [1.165, 1.54) is 28.0 Å². The molecule has 172 valence electrons. The van der Waals surface area contributed by atoms with Crippen LogP contribution in [0, 0.1) is 11.3 Å². The van der Waals surface area contributed by atoms with Crippen LogP contribution in [-0.2, 0) is 30.8 Å². The SMILES string of the molecule is CCn1c(COc2ccc(Cl)cc2Cl)nnc1SCC(=O)Nc1sc2c(c1C#N)CCCC2. The van der Waals surface area contributed by atoms with E-state index in [2.05, 4.69) is 21.6 Å². The second-order valence-electron chi connectivity index (χ2n) is 7.37. The number of thioether (sulfide) groups is 1. The minimum absolute atomic E-state index is 0.162. The Balaban J connectivity index is 1.38. The van der Waals surface area contributed by atoms with E-state index in [0.717, 1.165) is 31.2 Å². The summed E-state index contributed by atoms with van der Waals surface area (Å²) in [4.78, 5) is 13.8. The van der Waals surface area contributed by atoms with E-state index >= 15 is 0 Å². The molecule has 33 heavy (non-hydrogen) atoms. The fraction of sp³-hybridized carbons (Fsp3) is 0.364. The van der Waals surface area contributed by atoms with Crippen molar-refractivity contribution < 1.29 is 9.53 Å². The van der Waals surface area contributed by atoms with Gasteiger partial charge in [-0.15, -0.1) is 21.5 Å². The molecule has 7 nitrogen and oxygen atoms in total. The first-order valence-corrected chi connectivity index (χ1v) is 13.0. The minimum atomic E-state index is -0.175. The zero-order valence-electron chi connectivity index (χ0n) is 17.9. The number of hydrogen-bond acceptors (Lipinski definition) is 7. The first-order chi connectivity index (χ1) is 16.0. The van der Waals surface area contributed by atoms with Crippen molar-refractivity contribution in [1.82, 2.24) is 14.8 Å². The van der Waals surface area contributed by atoms with Crippen molar-refractivity contribution in [2.45, 2.75) is 50.9 Å². The molecule has 1 N–H and O–H groups in total. The number of hydrogen-bond donors (Lipinski definition) is 1. The van der Waals surface area contributed by atoms with Crippen LogP contribution < -0.4 is 10.1 Å². The molecule has 2 heterocycles. The van der Waals surface area contributed by atoms with Gasteiger partial charge in [-0.25, -0.2) is 0 Å². The predicted molar refractivity (Wildman–Crippen MR) is 132 cm³/mol. The predicted octanol–water partition coefficient (Wildman–Crippen LogP) is 5.73. The number of nitriles is 1. The maximum atomic E-state index is 12.6. The van der Waals surface area contributed by atoms with Gasteiger partial charge in [-0.05, 0) is 56.4 Å². The Morgan fingerprint density at radius 2 is 2.15 bits per heavy atom. The Hall–Kier alpha value is -2.25. The van der Waals surface area contributed by atoms with Gasteiger partial charge in [-0.3, -0.25) is 4.79 Å². The highest BCUT2D eigenvalue weighted by molar-refractivity contribution is 7.99. The van der Waals surface area contributed by atoms with Crippen molar-refractivity contribution in [2.75, 3.05) is 11.1 Å². The van der Waals surface area contributed by atoms with Crippen molar-refractivity contribution in [2.24, 2.45) is 0 Å². The average molecular weight is 522 g/mol. The lowest BCUT2D eigenvalue weighted by Gasteiger charge is -2.10. The fourth-order valence-corrected chi connectivity index (χ4v) is 6.19. The average Bonchev–Trinajstić information content (AvgIpc) is 3.36. The number of carbonyl (C=O) groups is 1. The van der Waals surface area contributed by atoms with E-state index < -0.39 is 0 Å². The van der Waals surface area contributed by atoms with Gasteiger partial charge in [0.15, 0.2) is 11.0 Å². The standard InChI is InChI=1S/C22H21Cl2N5O2S2/c1-2-29-19(11-31-17-8-7-13(23)9-16(17)24)27-28-22(29)32-12-20(30)26-21-15(10-25)14-5-3-4-6-18(14)33-21/h7-9H,2-6,11-12H2,1H3,(H,26,30). The molecule has 2 aromatic heterocycles. The van der Waals surface area contributed by atoms with Gasteiger partial charge in [-0.1, -0.05) is 35.0 Å². The summed E-state index contributed by atoms with van der Waals surface area (Å²) in [5.74, 6) is 1.12. The summed E-state index contributed by atoms with van der Waals surface area (Å²) in [6, 6.07) is 7.29. The van der Waals surface area contributed by atoms with E-state index in [9.17, 15) is 10.1 Å². The van der Waals surface area contributed by atoms with Crippen molar-refractivity contribution in [3.05, 3.63) is 50.1 Å². The first kappa shape index (κ1) is 23.9. The van der Waals surface area contributed by atoms with Gasteiger partial charge in [0.1, 0.15) is 23.4 Å². The van der Waals surface area contributed by atoms with E-state index in [1.54, 1.807) is 18.2 Å². The van der Waals surface area contributed by atoms with Crippen LogP contribution in [0.15, 0.2) is 23.4 Å². The fourth-order valence-electron chi connectivity index (χ4n) is 3.65. The number of aromatic nitrogens is 3. The van der Waals surface area contributed by atoms with Crippen molar-refractivity contribution in [3.8, 4) is 11.8 Å². The molecule has 0 unspecified atom stereocenters. The molecule has 1 amide bonds. The number of halogens is 2. The van der Waals surface area contributed by atoms with Crippen LogP contribution >= 0.6 is 46.3 Å². The topological polar surface area (TPSA) is 92.8 Å². The normalized spacial score (nSPS) is 12.8. The second-order valence-corrected chi connectivity index (χ2v) is 10.3. The smallest absolute Gasteiger partial charge is 0.235 e. The molecule has 4 rings (SSSR count). The summed E-state index contributed by atoms with van der Waals surface area (Å²) < 4.78 is 7.67. The first-order valence-electron chi connectivity index (χ1n) is 10.5. The summed E-state index contributed by atoms with van der Waals surface area (Å²) >= 11 is 14.9. The molecule has 0 bridgehead atoms. The molecular weight excluding hydrogens is 501 g/mol. The Morgan fingerprint density at radius 1 is 1.33 bits per heavy atom. The highest BCUT2D eigenvalue weighted by atomic mass is 35.5. The maximum Gasteiger partial charge on any atom is 0.235 e. The van der Waals surface area contributed by atoms with Gasteiger partial charge in [0.25, 0.3) is 0 Å². The third-order valence-corrected chi connectivity index (χ3v) is 7.93. The van der Waals surface area contributed by atoms with Gasteiger partial charge >= 0.3 is 0 Å². The number of anilines is 1. The number of aryl methyl sites for hydroxylation is 1. The summed E-state index contributed by atoms with van der Waals surface area (Å²) in [6.07, 6.45) is 4.10. The van der Waals surface area contributed by atoms with E-state index in [4.69, 9.17) is 27.9 Å². The third-order valence-electron chi connectivity index (χ3n) is 5.23. The quantitative estimate of drug-likeness (QED) is 0.380. The molecule has 0 radical (unpaired) electrons. The largest absolute Gasteiger partial charge is 0.484 e. The Labute approximate surface area is 210 Å². The van der Waals surface area contributed by atoms with Gasteiger partial charge in [-0.2, -0.15) is 5.26 Å². The molecule has 0 saturated heterocycles. The summed E-state index contributed by atoms with van der Waals surface area (Å²) in [7, 11) is 0. The van der Waals surface area contributed by atoms with Crippen LogP contribution in [-0.4, -0.2) is 26.4 Å². The Kier molecular flexibility index (Phi) is 7.81. The lowest BCUT2D eigenvalue weighted by molar-refractivity contribution is -0.113. The zero-order chi connectivity index (χ0) is 23.4. The van der Waals surface area contributed by atoms with Gasteiger partial charge < -0.3 is 14.6 Å². The van der Waals surface area contributed by atoms with Crippen LogP contribution in [0.4, 0.5) is 5.00 Å². The van der Waals surface area contributed by atoms with Crippen LogP contribution in [0.1, 0.15) is 41.6 Å². The molecule has 0 spiro atoms. The number of carbonyl (C=O) groups excluding carboxylic acids is 1. The molecule has 1 aliphatic rings. The molecule has 11 heteroatoms. The molecule has 0 saturated carbocycles. The highest BCUT2D eigenvalue weighted by Crippen LogP contribution is 2.37. The number of nitrogens with one attached hydrogen (secondary N) is 1. The molecule has 3 aromatic rings. The third kappa shape index (κ3) is 5.46. The number of thiophene rings is 1. The van der Waals surface area contributed by atoms with E-state index in [1.807, 2.05) is 11.5 Å². The van der Waals surface area contributed by atoms with E-state index in [0.29, 0.717) is 43.9 Å². The van der Waals surface area contributed by atoms with E-state index in [-0.39, 0.29) is 18.3 Å². The Morgan fingerprint density at radius 3 is 2.91 bits per heavy atom. The lowest BCUT2D eigenvalue weighted by Crippen LogP contribution is -2.15. The monoisotopic (exact) mass is 521 g/mol. The van der Waals surface area contributed by atoms with Gasteiger partial charge in [0.2, 0.25) is 5.91 Å². The summed E-state index contributed by atoms with van der Waals surface area (Å²) in [6.45, 7) is 2.78. The number of ether oxygens (including phenoxy) is 1.